The van der Waals surface area contributed by atoms with Crippen molar-refractivity contribution in [3.8, 4) is 0 Å². The van der Waals surface area contributed by atoms with Gasteiger partial charge in [0.15, 0.2) is 6.29 Å². The summed E-state index contributed by atoms with van der Waals surface area (Å²) in [4.78, 5) is 0. The fourth-order valence-electron chi connectivity index (χ4n) is 2.57. The van der Waals surface area contributed by atoms with Crippen molar-refractivity contribution in [1.82, 2.24) is 10.3 Å². The molecule has 18 heavy (non-hydrogen) atoms. The molecule has 2 aliphatic rings. The zero-order chi connectivity index (χ0) is 13.1. The van der Waals surface area contributed by atoms with Gasteiger partial charge in [0.25, 0.3) is 0 Å². The molecule has 0 spiro atoms. The maximum absolute atomic E-state index is 9.89. The third kappa shape index (κ3) is 4.17. The van der Waals surface area contributed by atoms with Crippen LogP contribution in [0.3, 0.4) is 0 Å². The molecule has 0 aromatic heterocycles. The Morgan fingerprint density at radius 1 is 1.33 bits per heavy atom. The van der Waals surface area contributed by atoms with Gasteiger partial charge in [-0.25, -0.2) is 5.01 Å². The number of nitrogens with one attached hydrogen (secondary N) is 1. The van der Waals surface area contributed by atoms with Gasteiger partial charge in [0.05, 0.1) is 12.1 Å². The highest BCUT2D eigenvalue weighted by molar-refractivity contribution is 4.87. The van der Waals surface area contributed by atoms with Gasteiger partial charge in [-0.1, -0.05) is 0 Å². The summed E-state index contributed by atoms with van der Waals surface area (Å²) in [5.41, 5.74) is 0. The lowest BCUT2D eigenvalue weighted by Crippen LogP contribution is -2.42. The van der Waals surface area contributed by atoms with Crippen LogP contribution in [0.2, 0.25) is 0 Å². The Labute approximate surface area is 110 Å². The maximum Gasteiger partial charge on any atom is 0.170 e. The van der Waals surface area contributed by atoms with Crippen molar-refractivity contribution in [1.29, 1.82) is 0 Å². The van der Waals surface area contributed by atoms with Crippen LogP contribution in [-0.2, 0) is 4.74 Å². The van der Waals surface area contributed by atoms with Crippen LogP contribution in [0.25, 0.3) is 0 Å². The van der Waals surface area contributed by atoms with E-state index in [-0.39, 0.29) is 12.1 Å². The third-order valence-electron chi connectivity index (χ3n) is 3.78. The minimum absolute atomic E-state index is 0.0650. The zero-order valence-corrected chi connectivity index (χ0v) is 11.5. The molecule has 1 aliphatic heterocycles. The van der Waals surface area contributed by atoms with Gasteiger partial charge in [0, 0.05) is 18.6 Å². The fourth-order valence-corrected chi connectivity index (χ4v) is 2.57. The van der Waals surface area contributed by atoms with Crippen molar-refractivity contribution in [3.63, 3.8) is 0 Å². The van der Waals surface area contributed by atoms with Crippen LogP contribution in [0.1, 0.15) is 46.0 Å². The number of hydrogen-bond donors (Lipinski definition) is 3. The predicted octanol–water partition coefficient (Wildman–Crippen LogP) is 0.579. The quantitative estimate of drug-likeness (QED) is 0.353. The largest absolute Gasteiger partial charge is 0.367 e. The molecule has 3 unspecified atom stereocenters. The van der Waals surface area contributed by atoms with Crippen LogP contribution >= 0.6 is 0 Å². The van der Waals surface area contributed by atoms with Crippen LogP contribution in [-0.4, -0.2) is 47.2 Å². The minimum atomic E-state index is -0.688. The maximum atomic E-state index is 9.89. The molecule has 0 bridgehead atoms. The molecule has 4 N–H and O–H groups in total. The number of aliphatic hydroxyl groups is 1. The molecule has 1 saturated heterocycles. The molecule has 5 heteroatoms. The van der Waals surface area contributed by atoms with E-state index in [9.17, 15) is 5.11 Å². The lowest BCUT2D eigenvalue weighted by atomic mass is 10.1. The Hall–Kier alpha value is -0.200. The summed E-state index contributed by atoms with van der Waals surface area (Å²) in [6.45, 7) is 4.82. The Morgan fingerprint density at radius 3 is 2.67 bits per heavy atom. The van der Waals surface area contributed by atoms with Gasteiger partial charge >= 0.3 is 0 Å². The molecular formula is C13H27N3O2. The molecule has 1 saturated carbocycles. The van der Waals surface area contributed by atoms with E-state index < -0.39 is 6.29 Å². The van der Waals surface area contributed by atoms with Crippen LogP contribution in [0, 0.1) is 0 Å². The summed E-state index contributed by atoms with van der Waals surface area (Å²) in [6.07, 6.45) is 5.00. The van der Waals surface area contributed by atoms with E-state index in [4.69, 9.17) is 10.6 Å². The number of aliphatic hydroxyl groups excluding tert-OH is 1. The molecule has 2 fully saturated rings. The molecule has 5 nitrogen and oxygen atoms in total. The summed E-state index contributed by atoms with van der Waals surface area (Å²) in [5.74, 6) is 5.95. The first-order chi connectivity index (χ1) is 8.56. The molecule has 0 amide bonds. The highest BCUT2D eigenvalue weighted by Gasteiger charge is 2.31. The molecule has 0 aromatic rings. The average Bonchev–Trinajstić information content (AvgIpc) is 3.04. The van der Waals surface area contributed by atoms with Crippen molar-refractivity contribution in [2.45, 2.75) is 76.5 Å². The minimum Gasteiger partial charge on any atom is -0.367 e. The number of rotatable bonds is 7. The Morgan fingerprint density at radius 2 is 2.06 bits per heavy atom. The molecule has 106 valence electrons. The molecule has 2 rings (SSSR count). The van der Waals surface area contributed by atoms with E-state index in [1.54, 1.807) is 0 Å². The number of nitrogens with zero attached hydrogens (tertiary/aromatic N) is 1. The standard InChI is InChI=1S/C13H27N3O2/c1-9(2)18-13(17)12-6-3-10(15-12)7-8-16(14)11-4-5-11/h9-13,15,17H,3-8,14H2,1-2H3. The van der Waals surface area contributed by atoms with Gasteiger partial charge in [-0.2, -0.15) is 0 Å². The number of ether oxygens (including phenoxy) is 1. The normalized spacial score (nSPS) is 30.3. The molecule has 3 atom stereocenters. The summed E-state index contributed by atoms with van der Waals surface area (Å²) in [6, 6.07) is 1.16. The van der Waals surface area contributed by atoms with Crippen molar-refractivity contribution in [3.05, 3.63) is 0 Å². The van der Waals surface area contributed by atoms with Gasteiger partial charge < -0.3 is 15.2 Å². The molecule has 0 radical (unpaired) electrons. The Balaban J connectivity index is 1.64. The smallest absolute Gasteiger partial charge is 0.170 e. The molecule has 1 heterocycles. The van der Waals surface area contributed by atoms with E-state index in [1.807, 2.05) is 18.9 Å². The van der Waals surface area contributed by atoms with E-state index >= 15 is 0 Å². The summed E-state index contributed by atoms with van der Waals surface area (Å²) < 4.78 is 5.41. The van der Waals surface area contributed by atoms with E-state index in [0.717, 1.165) is 25.8 Å². The van der Waals surface area contributed by atoms with E-state index in [0.29, 0.717) is 12.1 Å². The first-order valence-corrected chi connectivity index (χ1v) is 7.17. The van der Waals surface area contributed by atoms with Crippen molar-refractivity contribution in [2.24, 2.45) is 5.84 Å². The topological polar surface area (TPSA) is 70.8 Å². The van der Waals surface area contributed by atoms with Gasteiger partial charge in [0.1, 0.15) is 0 Å². The monoisotopic (exact) mass is 257 g/mol. The zero-order valence-electron chi connectivity index (χ0n) is 11.5. The van der Waals surface area contributed by atoms with E-state index in [1.165, 1.54) is 12.8 Å². The van der Waals surface area contributed by atoms with Gasteiger partial charge in [-0.3, -0.25) is 5.84 Å². The van der Waals surface area contributed by atoms with Crippen molar-refractivity contribution >= 4 is 0 Å². The number of hydrogen-bond acceptors (Lipinski definition) is 5. The summed E-state index contributed by atoms with van der Waals surface area (Å²) >= 11 is 0. The Bertz CT molecular complexity index is 259. The summed E-state index contributed by atoms with van der Waals surface area (Å²) in [5, 5.41) is 15.3. The second-order valence-corrected chi connectivity index (χ2v) is 5.88. The number of nitrogens with two attached hydrogens (primary N) is 1. The van der Waals surface area contributed by atoms with Gasteiger partial charge in [0.2, 0.25) is 0 Å². The van der Waals surface area contributed by atoms with Crippen LogP contribution in [0.15, 0.2) is 0 Å². The lowest BCUT2D eigenvalue weighted by Gasteiger charge is -2.23. The van der Waals surface area contributed by atoms with Crippen molar-refractivity contribution in [2.75, 3.05) is 6.54 Å². The SMILES string of the molecule is CC(C)OC(O)C1CCC(CCN(N)C2CC2)N1. The Kier molecular flexibility index (Phi) is 4.98. The van der Waals surface area contributed by atoms with Gasteiger partial charge in [-0.15, -0.1) is 0 Å². The second-order valence-electron chi connectivity index (χ2n) is 5.88. The number of hydrazine groups is 1. The average molecular weight is 257 g/mol. The summed E-state index contributed by atoms with van der Waals surface area (Å²) in [7, 11) is 0. The predicted molar refractivity (Wildman–Crippen MR) is 70.7 cm³/mol. The lowest BCUT2D eigenvalue weighted by molar-refractivity contribution is -0.141. The van der Waals surface area contributed by atoms with E-state index in [2.05, 4.69) is 5.32 Å². The third-order valence-corrected chi connectivity index (χ3v) is 3.78. The second kappa shape index (κ2) is 6.30. The van der Waals surface area contributed by atoms with Crippen molar-refractivity contribution < 1.29 is 9.84 Å². The van der Waals surface area contributed by atoms with Gasteiger partial charge in [-0.05, 0) is 46.0 Å². The van der Waals surface area contributed by atoms with Crippen LogP contribution in [0.5, 0.6) is 0 Å². The fraction of sp³-hybridized carbons (Fsp3) is 1.00. The molecular weight excluding hydrogens is 230 g/mol. The highest BCUT2D eigenvalue weighted by Crippen LogP contribution is 2.25. The van der Waals surface area contributed by atoms with Crippen LogP contribution in [0.4, 0.5) is 0 Å². The van der Waals surface area contributed by atoms with Crippen LogP contribution < -0.4 is 11.2 Å². The highest BCUT2D eigenvalue weighted by atomic mass is 16.6. The first-order valence-electron chi connectivity index (χ1n) is 7.17. The molecule has 1 aliphatic carbocycles. The molecule has 0 aromatic carbocycles. The first kappa shape index (κ1) is 14.2.